The summed E-state index contributed by atoms with van der Waals surface area (Å²) in [5.74, 6) is 1.33. The predicted octanol–water partition coefficient (Wildman–Crippen LogP) is 2.23. The quantitative estimate of drug-likeness (QED) is 0.837. The standard InChI is InChI=1S/C14H19F3N4O/c15-14(16,17)11-9-21(6-7-22-11)13-8-12(18-10-19-13)20-4-2-1-3-5-20/h8,10-11H,1-7,9H2. The van der Waals surface area contributed by atoms with Crippen LogP contribution in [0.2, 0.25) is 0 Å². The van der Waals surface area contributed by atoms with Crippen molar-refractivity contribution < 1.29 is 17.9 Å². The van der Waals surface area contributed by atoms with E-state index in [2.05, 4.69) is 14.9 Å². The van der Waals surface area contributed by atoms with Crippen LogP contribution in [-0.2, 0) is 4.74 Å². The smallest absolute Gasteiger partial charge is 0.365 e. The molecule has 2 aliphatic rings. The number of alkyl halides is 3. The summed E-state index contributed by atoms with van der Waals surface area (Å²) < 4.78 is 43.2. The minimum Gasteiger partial charge on any atom is -0.365 e. The highest BCUT2D eigenvalue weighted by Crippen LogP contribution is 2.28. The van der Waals surface area contributed by atoms with Crippen molar-refractivity contribution in [2.24, 2.45) is 0 Å². The summed E-state index contributed by atoms with van der Waals surface area (Å²) in [5, 5.41) is 0. The fourth-order valence-electron chi connectivity index (χ4n) is 2.86. The van der Waals surface area contributed by atoms with Crippen molar-refractivity contribution in [2.45, 2.75) is 31.5 Å². The molecular formula is C14H19F3N4O. The zero-order chi connectivity index (χ0) is 15.6. The van der Waals surface area contributed by atoms with Gasteiger partial charge in [-0.25, -0.2) is 9.97 Å². The second-order valence-corrected chi connectivity index (χ2v) is 5.63. The Kier molecular flexibility index (Phi) is 4.37. The third-order valence-electron chi connectivity index (χ3n) is 4.07. The average molecular weight is 316 g/mol. The molecule has 0 bridgehead atoms. The molecule has 8 heteroatoms. The van der Waals surface area contributed by atoms with Crippen LogP contribution in [0, 0.1) is 0 Å². The van der Waals surface area contributed by atoms with Gasteiger partial charge in [0.25, 0.3) is 0 Å². The molecule has 1 aromatic rings. The molecule has 3 heterocycles. The molecule has 122 valence electrons. The van der Waals surface area contributed by atoms with Gasteiger partial charge < -0.3 is 14.5 Å². The molecule has 0 aliphatic carbocycles. The lowest BCUT2D eigenvalue weighted by Crippen LogP contribution is -2.49. The zero-order valence-corrected chi connectivity index (χ0v) is 12.2. The second kappa shape index (κ2) is 6.28. The van der Waals surface area contributed by atoms with Gasteiger partial charge in [-0.05, 0) is 19.3 Å². The van der Waals surface area contributed by atoms with Crippen molar-refractivity contribution in [3.8, 4) is 0 Å². The highest BCUT2D eigenvalue weighted by atomic mass is 19.4. The maximum Gasteiger partial charge on any atom is 0.416 e. The molecule has 1 unspecified atom stereocenters. The van der Waals surface area contributed by atoms with E-state index in [9.17, 15) is 13.2 Å². The monoisotopic (exact) mass is 316 g/mol. The molecule has 0 radical (unpaired) electrons. The number of halogens is 3. The first kappa shape index (κ1) is 15.3. The van der Waals surface area contributed by atoms with Gasteiger partial charge >= 0.3 is 6.18 Å². The fraction of sp³-hybridized carbons (Fsp3) is 0.714. The number of piperidine rings is 1. The molecular weight excluding hydrogens is 297 g/mol. The maximum atomic E-state index is 12.8. The minimum absolute atomic E-state index is 0.0488. The summed E-state index contributed by atoms with van der Waals surface area (Å²) in [6.07, 6.45) is -1.22. The minimum atomic E-state index is -4.35. The van der Waals surface area contributed by atoms with Gasteiger partial charge in [0.05, 0.1) is 13.2 Å². The van der Waals surface area contributed by atoms with Gasteiger partial charge in [-0.2, -0.15) is 13.2 Å². The Balaban J connectivity index is 1.74. The molecule has 22 heavy (non-hydrogen) atoms. The van der Waals surface area contributed by atoms with Crippen LogP contribution in [0.1, 0.15) is 19.3 Å². The Hall–Kier alpha value is -1.57. The first-order valence-electron chi connectivity index (χ1n) is 7.54. The largest absolute Gasteiger partial charge is 0.416 e. The molecule has 0 spiro atoms. The number of anilines is 2. The second-order valence-electron chi connectivity index (χ2n) is 5.63. The topological polar surface area (TPSA) is 41.5 Å². The summed E-state index contributed by atoms with van der Waals surface area (Å²) >= 11 is 0. The third kappa shape index (κ3) is 3.43. The van der Waals surface area contributed by atoms with E-state index in [1.54, 1.807) is 11.0 Å². The first-order valence-corrected chi connectivity index (χ1v) is 7.54. The van der Waals surface area contributed by atoms with Gasteiger partial charge in [0.1, 0.15) is 18.0 Å². The Labute approximate surface area is 127 Å². The van der Waals surface area contributed by atoms with E-state index < -0.39 is 12.3 Å². The van der Waals surface area contributed by atoms with Crippen molar-refractivity contribution in [3.05, 3.63) is 12.4 Å². The van der Waals surface area contributed by atoms with Crippen LogP contribution < -0.4 is 9.80 Å². The Morgan fingerprint density at radius 1 is 1.00 bits per heavy atom. The first-order chi connectivity index (χ1) is 10.5. The van der Waals surface area contributed by atoms with Gasteiger partial charge in [-0.1, -0.05) is 0 Å². The molecule has 1 aromatic heterocycles. The molecule has 5 nitrogen and oxygen atoms in total. The van der Waals surface area contributed by atoms with Crippen LogP contribution in [0.5, 0.6) is 0 Å². The maximum absolute atomic E-state index is 12.8. The van der Waals surface area contributed by atoms with Crippen molar-refractivity contribution >= 4 is 11.6 Å². The number of morpholine rings is 1. The van der Waals surface area contributed by atoms with Crippen molar-refractivity contribution in [1.29, 1.82) is 0 Å². The zero-order valence-electron chi connectivity index (χ0n) is 12.2. The van der Waals surface area contributed by atoms with E-state index in [0.717, 1.165) is 31.7 Å². The van der Waals surface area contributed by atoms with E-state index in [1.165, 1.54) is 12.7 Å². The Bertz CT molecular complexity index is 505. The molecule has 1 atom stereocenters. The van der Waals surface area contributed by atoms with E-state index >= 15 is 0 Å². The summed E-state index contributed by atoms with van der Waals surface area (Å²) in [5.41, 5.74) is 0. The van der Waals surface area contributed by atoms with Crippen molar-refractivity contribution in [1.82, 2.24) is 9.97 Å². The van der Waals surface area contributed by atoms with Crippen molar-refractivity contribution in [2.75, 3.05) is 42.6 Å². The van der Waals surface area contributed by atoms with E-state index in [-0.39, 0.29) is 13.2 Å². The number of hydrogen-bond donors (Lipinski definition) is 0. The fourth-order valence-corrected chi connectivity index (χ4v) is 2.86. The SMILES string of the molecule is FC(F)(F)C1CN(c2cc(N3CCCCC3)ncn2)CCO1. The lowest BCUT2D eigenvalue weighted by Gasteiger charge is -2.35. The van der Waals surface area contributed by atoms with Crippen LogP contribution in [0.15, 0.2) is 12.4 Å². The molecule has 3 rings (SSSR count). The molecule has 2 fully saturated rings. The van der Waals surface area contributed by atoms with Crippen LogP contribution in [0.25, 0.3) is 0 Å². The number of aromatic nitrogens is 2. The molecule has 2 aliphatic heterocycles. The average Bonchev–Trinajstić information content (AvgIpc) is 2.55. The molecule has 2 saturated heterocycles. The lowest BCUT2D eigenvalue weighted by molar-refractivity contribution is -0.221. The predicted molar refractivity (Wildman–Crippen MR) is 76.1 cm³/mol. The van der Waals surface area contributed by atoms with Crippen molar-refractivity contribution in [3.63, 3.8) is 0 Å². The number of ether oxygens (including phenoxy) is 1. The van der Waals surface area contributed by atoms with E-state index in [4.69, 9.17) is 4.74 Å². The highest BCUT2D eigenvalue weighted by Gasteiger charge is 2.43. The van der Waals surface area contributed by atoms with E-state index in [1.807, 2.05) is 0 Å². The summed E-state index contributed by atoms with van der Waals surface area (Å²) in [7, 11) is 0. The van der Waals surface area contributed by atoms with Gasteiger partial charge in [0.2, 0.25) is 0 Å². The summed E-state index contributed by atoms with van der Waals surface area (Å²) in [6, 6.07) is 1.78. The van der Waals surface area contributed by atoms with Gasteiger partial charge in [0, 0.05) is 25.7 Å². The molecule has 0 amide bonds. The van der Waals surface area contributed by atoms with Gasteiger partial charge in [0.15, 0.2) is 6.10 Å². The third-order valence-corrected chi connectivity index (χ3v) is 4.07. The number of rotatable bonds is 2. The van der Waals surface area contributed by atoms with Gasteiger partial charge in [-0.3, -0.25) is 0 Å². The number of nitrogens with zero attached hydrogens (tertiary/aromatic N) is 4. The van der Waals surface area contributed by atoms with Crippen LogP contribution in [0.4, 0.5) is 24.8 Å². The Morgan fingerprint density at radius 3 is 2.36 bits per heavy atom. The lowest BCUT2D eigenvalue weighted by atomic mass is 10.1. The van der Waals surface area contributed by atoms with Crippen LogP contribution in [-0.4, -0.2) is 55.0 Å². The highest BCUT2D eigenvalue weighted by molar-refractivity contribution is 5.50. The number of hydrogen-bond acceptors (Lipinski definition) is 5. The molecule has 0 saturated carbocycles. The summed E-state index contributed by atoms with van der Waals surface area (Å²) in [4.78, 5) is 12.2. The Morgan fingerprint density at radius 2 is 1.68 bits per heavy atom. The van der Waals surface area contributed by atoms with Crippen LogP contribution in [0.3, 0.4) is 0 Å². The van der Waals surface area contributed by atoms with Gasteiger partial charge in [-0.15, -0.1) is 0 Å². The normalized spacial score (nSPS) is 23.7. The molecule has 0 N–H and O–H groups in total. The molecule has 0 aromatic carbocycles. The van der Waals surface area contributed by atoms with E-state index in [0.29, 0.717) is 12.4 Å². The summed E-state index contributed by atoms with van der Waals surface area (Å²) in [6.45, 7) is 2.10. The van der Waals surface area contributed by atoms with Crippen LogP contribution >= 0.6 is 0 Å².